The maximum atomic E-state index is 12.6. The van der Waals surface area contributed by atoms with Gasteiger partial charge in [0.2, 0.25) is 5.91 Å². The van der Waals surface area contributed by atoms with Gasteiger partial charge in [-0.05, 0) is 51.2 Å². The number of benzene rings is 1. The smallest absolute Gasteiger partial charge is 0.326 e. The van der Waals surface area contributed by atoms with E-state index in [0.717, 1.165) is 38.1 Å². The molecule has 2 rings (SSSR count). The molecule has 3 nitrogen and oxygen atoms in total. The number of hydrogen-bond donors (Lipinski definition) is 1. The Morgan fingerprint density at radius 2 is 1.95 bits per heavy atom. The number of rotatable bonds is 2. The molecule has 0 atom stereocenters. The quantitative estimate of drug-likeness (QED) is 0.906. The lowest BCUT2D eigenvalue weighted by Gasteiger charge is -2.28. The van der Waals surface area contributed by atoms with Crippen LogP contribution >= 0.6 is 0 Å². The third-order valence-electron chi connectivity index (χ3n) is 3.55. The minimum Gasteiger partial charge on any atom is -0.326 e. The summed E-state index contributed by atoms with van der Waals surface area (Å²) in [7, 11) is 1.99. The molecular weight excluding hydrogens is 269 g/mol. The summed E-state index contributed by atoms with van der Waals surface area (Å²) in [4.78, 5) is 14.2. The van der Waals surface area contributed by atoms with Gasteiger partial charge in [0.1, 0.15) is 0 Å². The number of piperidine rings is 1. The molecule has 1 amide bonds. The van der Waals surface area contributed by atoms with Crippen LogP contribution in [0.3, 0.4) is 0 Å². The Hall–Kier alpha value is -1.56. The second-order valence-corrected chi connectivity index (χ2v) is 5.15. The van der Waals surface area contributed by atoms with Crippen LogP contribution in [0.2, 0.25) is 0 Å². The number of alkyl halides is 3. The number of carbonyl (C=O) groups excluding carboxylic acids is 1. The van der Waals surface area contributed by atoms with Crippen LogP contribution in [0.5, 0.6) is 0 Å². The third-order valence-corrected chi connectivity index (χ3v) is 3.55. The molecule has 20 heavy (non-hydrogen) atoms. The molecule has 0 bridgehead atoms. The Morgan fingerprint density at radius 3 is 2.55 bits per heavy atom. The lowest BCUT2D eigenvalue weighted by Crippen LogP contribution is -2.35. The van der Waals surface area contributed by atoms with Gasteiger partial charge in [-0.25, -0.2) is 0 Å². The molecule has 1 aromatic rings. The summed E-state index contributed by atoms with van der Waals surface area (Å²) in [6, 6.07) is 4.73. The molecule has 1 aliphatic rings. The average molecular weight is 286 g/mol. The first-order chi connectivity index (χ1) is 9.36. The van der Waals surface area contributed by atoms with Crippen LogP contribution in [0.4, 0.5) is 18.9 Å². The first-order valence-corrected chi connectivity index (χ1v) is 6.53. The highest BCUT2D eigenvalue weighted by molar-refractivity contribution is 5.92. The first kappa shape index (κ1) is 14.8. The van der Waals surface area contributed by atoms with E-state index in [1.54, 1.807) is 0 Å². The van der Waals surface area contributed by atoms with Crippen molar-refractivity contribution in [2.24, 2.45) is 5.92 Å². The monoisotopic (exact) mass is 286 g/mol. The van der Waals surface area contributed by atoms with Gasteiger partial charge in [-0.15, -0.1) is 0 Å². The van der Waals surface area contributed by atoms with Crippen molar-refractivity contribution in [2.45, 2.75) is 19.0 Å². The van der Waals surface area contributed by atoms with Crippen molar-refractivity contribution in [3.63, 3.8) is 0 Å². The van der Waals surface area contributed by atoms with Crippen molar-refractivity contribution in [3.05, 3.63) is 29.8 Å². The Bertz CT molecular complexity index is 480. The van der Waals surface area contributed by atoms with Gasteiger partial charge in [-0.2, -0.15) is 13.2 Å². The molecule has 0 radical (unpaired) electrons. The summed E-state index contributed by atoms with van der Waals surface area (Å²) in [6.07, 6.45) is -2.92. The molecule has 1 aromatic carbocycles. The van der Waals surface area contributed by atoms with Gasteiger partial charge in [-0.1, -0.05) is 6.07 Å². The van der Waals surface area contributed by atoms with Crippen LogP contribution in [-0.2, 0) is 11.0 Å². The minimum absolute atomic E-state index is 0.124. The highest BCUT2D eigenvalue weighted by atomic mass is 19.4. The van der Waals surface area contributed by atoms with Crippen LogP contribution in [0.1, 0.15) is 18.4 Å². The van der Waals surface area contributed by atoms with Crippen LogP contribution in [0.15, 0.2) is 24.3 Å². The van der Waals surface area contributed by atoms with Crippen molar-refractivity contribution in [2.75, 3.05) is 25.5 Å². The van der Waals surface area contributed by atoms with Gasteiger partial charge in [0.25, 0.3) is 0 Å². The molecular formula is C14H17F3N2O. The Kier molecular flexibility index (Phi) is 4.32. The molecule has 1 N–H and O–H groups in total. The number of likely N-dealkylation sites (tertiary alicyclic amines) is 1. The van der Waals surface area contributed by atoms with Gasteiger partial charge in [0.15, 0.2) is 0 Å². The van der Waals surface area contributed by atoms with E-state index < -0.39 is 11.7 Å². The fraction of sp³-hybridized carbons (Fsp3) is 0.500. The molecule has 0 spiro atoms. The largest absolute Gasteiger partial charge is 0.416 e. The summed E-state index contributed by atoms with van der Waals surface area (Å²) < 4.78 is 37.8. The summed E-state index contributed by atoms with van der Waals surface area (Å²) in [5.74, 6) is -0.321. The molecule has 1 heterocycles. The summed E-state index contributed by atoms with van der Waals surface area (Å²) in [5.41, 5.74) is -0.553. The van der Waals surface area contributed by atoms with Crippen molar-refractivity contribution in [3.8, 4) is 0 Å². The molecule has 6 heteroatoms. The highest BCUT2D eigenvalue weighted by Gasteiger charge is 2.31. The predicted molar refractivity (Wildman–Crippen MR) is 70.3 cm³/mol. The minimum atomic E-state index is -4.39. The molecule has 0 aromatic heterocycles. The topological polar surface area (TPSA) is 32.3 Å². The van der Waals surface area contributed by atoms with Gasteiger partial charge in [-0.3, -0.25) is 4.79 Å². The maximum absolute atomic E-state index is 12.6. The molecule has 0 saturated carbocycles. The number of nitrogens with zero attached hydrogens (tertiary/aromatic N) is 1. The van der Waals surface area contributed by atoms with Gasteiger partial charge < -0.3 is 10.2 Å². The van der Waals surface area contributed by atoms with Gasteiger partial charge >= 0.3 is 6.18 Å². The molecule has 1 saturated heterocycles. The van der Waals surface area contributed by atoms with Crippen LogP contribution < -0.4 is 5.32 Å². The van der Waals surface area contributed by atoms with E-state index in [1.165, 1.54) is 12.1 Å². The lowest BCUT2D eigenvalue weighted by molar-refractivity contribution is -0.137. The van der Waals surface area contributed by atoms with Gasteiger partial charge in [0, 0.05) is 11.6 Å². The van der Waals surface area contributed by atoms with E-state index >= 15 is 0 Å². The number of nitrogens with one attached hydrogen (secondary N) is 1. The van der Waals surface area contributed by atoms with Crippen LogP contribution in [0, 0.1) is 5.92 Å². The van der Waals surface area contributed by atoms with E-state index in [4.69, 9.17) is 0 Å². The van der Waals surface area contributed by atoms with Crippen molar-refractivity contribution in [1.82, 2.24) is 4.90 Å². The predicted octanol–water partition coefficient (Wildman–Crippen LogP) is 2.99. The second-order valence-electron chi connectivity index (χ2n) is 5.15. The fourth-order valence-corrected chi connectivity index (χ4v) is 2.29. The normalized spacial score (nSPS) is 18.0. The van der Waals surface area contributed by atoms with E-state index in [-0.39, 0.29) is 17.5 Å². The summed E-state index contributed by atoms with van der Waals surface area (Å²) in [5, 5.41) is 2.58. The lowest BCUT2D eigenvalue weighted by atomic mass is 9.96. The van der Waals surface area contributed by atoms with Crippen molar-refractivity contribution < 1.29 is 18.0 Å². The van der Waals surface area contributed by atoms with Crippen molar-refractivity contribution in [1.29, 1.82) is 0 Å². The SMILES string of the molecule is CN1CCC(C(=O)Nc2cccc(C(F)(F)F)c2)CC1. The second kappa shape index (κ2) is 5.83. The summed E-state index contributed by atoms with van der Waals surface area (Å²) in [6.45, 7) is 1.67. The standard InChI is InChI=1S/C14H17F3N2O/c1-19-7-5-10(6-8-19)13(20)18-12-4-2-3-11(9-12)14(15,16)17/h2-4,9-10H,5-8H2,1H3,(H,18,20). The molecule has 1 fully saturated rings. The van der Waals surface area contributed by atoms with Gasteiger partial charge in [0.05, 0.1) is 5.56 Å². The number of amides is 1. The van der Waals surface area contributed by atoms with Crippen molar-refractivity contribution >= 4 is 11.6 Å². The third kappa shape index (κ3) is 3.72. The van der Waals surface area contributed by atoms with Crippen LogP contribution in [0.25, 0.3) is 0 Å². The average Bonchev–Trinajstić information content (AvgIpc) is 2.38. The Balaban J connectivity index is 2.01. The van der Waals surface area contributed by atoms with E-state index in [2.05, 4.69) is 10.2 Å². The first-order valence-electron chi connectivity index (χ1n) is 6.53. The highest BCUT2D eigenvalue weighted by Crippen LogP contribution is 2.31. The van der Waals surface area contributed by atoms with E-state index in [0.29, 0.717) is 0 Å². The molecule has 1 aliphatic heterocycles. The number of carbonyl (C=O) groups is 1. The van der Waals surface area contributed by atoms with E-state index in [9.17, 15) is 18.0 Å². The Morgan fingerprint density at radius 1 is 1.30 bits per heavy atom. The van der Waals surface area contributed by atoms with E-state index in [1.807, 2.05) is 7.05 Å². The number of halogens is 3. The number of anilines is 1. The number of hydrogen-bond acceptors (Lipinski definition) is 2. The molecule has 0 aliphatic carbocycles. The molecule has 110 valence electrons. The van der Waals surface area contributed by atoms with Crippen LogP contribution in [-0.4, -0.2) is 30.9 Å². The fourth-order valence-electron chi connectivity index (χ4n) is 2.29. The zero-order chi connectivity index (χ0) is 14.8. The zero-order valence-corrected chi connectivity index (χ0v) is 11.2. The zero-order valence-electron chi connectivity index (χ0n) is 11.2. The Labute approximate surface area is 115 Å². The molecule has 0 unspecified atom stereocenters. The summed E-state index contributed by atoms with van der Waals surface area (Å²) >= 11 is 0. The maximum Gasteiger partial charge on any atom is 0.416 e.